The van der Waals surface area contributed by atoms with E-state index in [0.717, 1.165) is 52.4 Å². The Hall–Kier alpha value is -0.780. The number of hydrogen-bond acceptors (Lipinski definition) is 4. The fraction of sp³-hybridized carbons (Fsp3) is 0.571. The third-order valence-corrected chi connectivity index (χ3v) is 3.80. The van der Waals surface area contributed by atoms with Crippen LogP contribution >= 0.6 is 17.0 Å². The molecule has 0 aromatic heterocycles. The maximum Gasteiger partial charge on any atom is 0.0605 e. The van der Waals surface area contributed by atoms with Gasteiger partial charge in [0.1, 0.15) is 0 Å². The summed E-state index contributed by atoms with van der Waals surface area (Å²) in [7, 11) is 0. The molecule has 19 heavy (non-hydrogen) atoms. The summed E-state index contributed by atoms with van der Waals surface area (Å²) in [5, 5.41) is 6.84. The highest BCUT2D eigenvalue weighted by Crippen LogP contribution is 2.29. The zero-order valence-corrected chi connectivity index (χ0v) is 13.0. The summed E-state index contributed by atoms with van der Waals surface area (Å²) in [5.41, 5.74) is 2.81. The van der Waals surface area contributed by atoms with Crippen LogP contribution in [0.15, 0.2) is 24.3 Å². The van der Waals surface area contributed by atoms with Crippen molar-refractivity contribution < 1.29 is 0 Å². The smallest absolute Gasteiger partial charge is 0.0605 e. The van der Waals surface area contributed by atoms with Crippen molar-refractivity contribution in [1.29, 1.82) is 0 Å². The van der Waals surface area contributed by atoms with E-state index in [1.165, 1.54) is 11.4 Å². The molecular formula is C14H23BrN4. The zero-order valence-electron chi connectivity index (χ0n) is 11.3. The maximum atomic E-state index is 3.42. The minimum atomic E-state index is 0. The molecule has 0 spiro atoms. The maximum absolute atomic E-state index is 3.42. The molecule has 1 aromatic carbocycles. The first-order valence-corrected chi connectivity index (χ1v) is 6.95. The monoisotopic (exact) mass is 326 g/mol. The van der Waals surface area contributed by atoms with Gasteiger partial charge in [0, 0.05) is 52.4 Å². The number of para-hydroxylation sites is 2. The fourth-order valence-corrected chi connectivity index (χ4v) is 2.81. The van der Waals surface area contributed by atoms with Crippen molar-refractivity contribution in [3.63, 3.8) is 0 Å². The highest BCUT2D eigenvalue weighted by molar-refractivity contribution is 8.93. The van der Waals surface area contributed by atoms with Crippen LogP contribution in [0.25, 0.3) is 0 Å². The van der Waals surface area contributed by atoms with Crippen LogP contribution in [0.3, 0.4) is 0 Å². The lowest BCUT2D eigenvalue weighted by Crippen LogP contribution is -2.46. The lowest BCUT2D eigenvalue weighted by Gasteiger charge is -2.36. The Kier molecular flexibility index (Phi) is 5.48. The van der Waals surface area contributed by atoms with Crippen LogP contribution in [0.5, 0.6) is 0 Å². The second-order valence-electron chi connectivity index (χ2n) is 4.96. The summed E-state index contributed by atoms with van der Waals surface area (Å²) in [4.78, 5) is 5.02. The molecule has 106 valence electrons. The van der Waals surface area contributed by atoms with Crippen LogP contribution in [0, 0.1) is 0 Å². The molecule has 0 amide bonds. The van der Waals surface area contributed by atoms with Crippen molar-refractivity contribution in [3.8, 4) is 0 Å². The van der Waals surface area contributed by atoms with Crippen LogP contribution < -0.4 is 20.4 Å². The number of halogens is 1. The van der Waals surface area contributed by atoms with Gasteiger partial charge in [-0.25, -0.2) is 0 Å². The SMILES string of the molecule is Br.c1ccc(N2CCNCC2)c(N2CCNCC2)c1. The first kappa shape index (κ1) is 14.6. The molecule has 3 rings (SSSR count). The van der Waals surface area contributed by atoms with Crippen molar-refractivity contribution in [1.82, 2.24) is 10.6 Å². The lowest BCUT2D eigenvalue weighted by atomic mass is 10.2. The molecule has 2 N–H and O–H groups in total. The van der Waals surface area contributed by atoms with Gasteiger partial charge < -0.3 is 20.4 Å². The van der Waals surface area contributed by atoms with Crippen LogP contribution in [-0.2, 0) is 0 Å². The molecule has 0 unspecified atom stereocenters. The highest BCUT2D eigenvalue weighted by Gasteiger charge is 2.18. The van der Waals surface area contributed by atoms with Crippen LogP contribution in [0.1, 0.15) is 0 Å². The molecule has 2 fully saturated rings. The second-order valence-corrected chi connectivity index (χ2v) is 4.96. The average Bonchev–Trinajstić information content (AvgIpc) is 2.49. The Morgan fingerprint density at radius 3 is 1.42 bits per heavy atom. The number of piperazine rings is 2. The fourth-order valence-electron chi connectivity index (χ4n) is 2.81. The van der Waals surface area contributed by atoms with E-state index < -0.39 is 0 Å². The lowest BCUT2D eigenvalue weighted by molar-refractivity contribution is 0.577. The van der Waals surface area contributed by atoms with Gasteiger partial charge in [0.05, 0.1) is 11.4 Å². The van der Waals surface area contributed by atoms with E-state index in [-0.39, 0.29) is 17.0 Å². The van der Waals surface area contributed by atoms with Crippen molar-refractivity contribution >= 4 is 28.4 Å². The third-order valence-electron chi connectivity index (χ3n) is 3.80. The summed E-state index contributed by atoms with van der Waals surface area (Å²) >= 11 is 0. The highest BCUT2D eigenvalue weighted by atomic mass is 79.9. The van der Waals surface area contributed by atoms with Gasteiger partial charge in [-0.3, -0.25) is 0 Å². The zero-order chi connectivity index (χ0) is 12.2. The van der Waals surface area contributed by atoms with E-state index in [9.17, 15) is 0 Å². The van der Waals surface area contributed by atoms with Gasteiger partial charge in [-0.05, 0) is 12.1 Å². The predicted molar refractivity (Wildman–Crippen MR) is 86.9 cm³/mol. The topological polar surface area (TPSA) is 30.5 Å². The number of rotatable bonds is 2. The Bertz CT molecular complexity index is 350. The number of anilines is 2. The van der Waals surface area contributed by atoms with Gasteiger partial charge >= 0.3 is 0 Å². The van der Waals surface area contributed by atoms with Crippen molar-refractivity contribution in [2.45, 2.75) is 0 Å². The molecule has 0 aliphatic carbocycles. The van der Waals surface area contributed by atoms with Crippen molar-refractivity contribution in [2.24, 2.45) is 0 Å². The van der Waals surface area contributed by atoms with E-state index in [2.05, 4.69) is 44.7 Å². The average molecular weight is 327 g/mol. The summed E-state index contributed by atoms with van der Waals surface area (Å²) in [6.07, 6.45) is 0. The van der Waals surface area contributed by atoms with E-state index in [1.807, 2.05) is 0 Å². The largest absolute Gasteiger partial charge is 0.367 e. The van der Waals surface area contributed by atoms with Gasteiger partial charge in [0.15, 0.2) is 0 Å². The molecule has 5 heteroatoms. The van der Waals surface area contributed by atoms with Gasteiger partial charge in [0.2, 0.25) is 0 Å². The first-order chi connectivity index (χ1) is 8.95. The Morgan fingerprint density at radius 2 is 1.05 bits per heavy atom. The van der Waals surface area contributed by atoms with E-state index in [0.29, 0.717) is 0 Å². The number of nitrogens with zero attached hydrogens (tertiary/aromatic N) is 2. The standard InChI is InChI=1S/C14H22N4.BrH/c1-2-4-14(18-11-7-16-8-12-18)13(3-1)17-9-5-15-6-10-17;/h1-4,15-16H,5-12H2;1H. The molecule has 1 aromatic rings. The minimum absolute atomic E-state index is 0. The molecule has 2 aliphatic rings. The van der Waals surface area contributed by atoms with E-state index >= 15 is 0 Å². The van der Waals surface area contributed by atoms with Gasteiger partial charge in [-0.1, -0.05) is 12.1 Å². The molecular weight excluding hydrogens is 304 g/mol. The minimum Gasteiger partial charge on any atom is -0.367 e. The Balaban J connectivity index is 0.00000133. The molecule has 0 bridgehead atoms. The van der Waals surface area contributed by atoms with Crippen LogP contribution in [0.4, 0.5) is 11.4 Å². The first-order valence-electron chi connectivity index (χ1n) is 6.95. The Morgan fingerprint density at radius 1 is 0.684 bits per heavy atom. The van der Waals surface area contributed by atoms with Crippen LogP contribution in [-0.4, -0.2) is 52.4 Å². The third kappa shape index (κ3) is 3.41. The molecule has 0 atom stereocenters. The number of benzene rings is 1. The summed E-state index contributed by atoms with van der Waals surface area (Å²) in [6, 6.07) is 8.84. The summed E-state index contributed by atoms with van der Waals surface area (Å²) in [6.45, 7) is 8.83. The van der Waals surface area contributed by atoms with Gasteiger partial charge in [-0.2, -0.15) is 0 Å². The van der Waals surface area contributed by atoms with Gasteiger partial charge in [-0.15, -0.1) is 17.0 Å². The van der Waals surface area contributed by atoms with Crippen molar-refractivity contribution in [3.05, 3.63) is 24.3 Å². The number of hydrogen-bond donors (Lipinski definition) is 2. The Labute approximate surface area is 125 Å². The normalized spacial score (nSPS) is 20.0. The molecule has 2 heterocycles. The summed E-state index contributed by atoms with van der Waals surface area (Å²) < 4.78 is 0. The molecule has 0 saturated carbocycles. The summed E-state index contributed by atoms with van der Waals surface area (Å²) in [5.74, 6) is 0. The molecule has 4 nitrogen and oxygen atoms in total. The molecule has 2 aliphatic heterocycles. The van der Waals surface area contributed by atoms with E-state index in [4.69, 9.17) is 0 Å². The predicted octanol–water partition coefficient (Wildman–Crippen LogP) is 1.08. The van der Waals surface area contributed by atoms with Crippen LogP contribution in [0.2, 0.25) is 0 Å². The molecule has 0 radical (unpaired) electrons. The van der Waals surface area contributed by atoms with Gasteiger partial charge in [0.25, 0.3) is 0 Å². The quantitative estimate of drug-likeness (QED) is 0.851. The van der Waals surface area contributed by atoms with E-state index in [1.54, 1.807) is 0 Å². The molecule has 2 saturated heterocycles. The number of nitrogens with one attached hydrogen (secondary N) is 2. The second kappa shape index (κ2) is 7.12. The van der Waals surface area contributed by atoms with Crippen molar-refractivity contribution in [2.75, 3.05) is 62.2 Å².